The summed E-state index contributed by atoms with van der Waals surface area (Å²) >= 11 is 5.81. The van der Waals surface area contributed by atoms with E-state index in [-0.39, 0.29) is 16.6 Å². The van der Waals surface area contributed by atoms with E-state index in [0.29, 0.717) is 10.9 Å². The molecule has 100 valence electrons. The molecule has 1 aliphatic carbocycles. The normalized spacial score (nSPS) is 23.0. The average molecular weight is 289 g/mol. The van der Waals surface area contributed by atoms with Crippen LogP contribution in [-0.4, -0.2) is 14.5 Å². The number of hydrogen-bond donors (Lipinski definition) is 2. The first kappa shape index (κ1) is 13.6. The van der Waals surface area contributed by atoms with Gasteiger partial charge in [0.2, 0.25) is 10.0 Å². The van der Waals surface area contributed by atoms with E-state index in [9.17, 15) is 8.42 Å². The van der Waals surface area contributed by atoms with Gasteiger partial charge in [0.15, 0.2) is 0 Å². The Balaban J connectivity index is 2.14. The van der Waals surface area contributed by atoms with Gasteiger partial charge in [-0.25, -0.2) is 13.1 Å². The molecule has 1 aliphatic rings. The van der Waals surface area contributed by atoms with Crippen molar-refractivity contribution in [3.63, 3.8) is 0 Å². The van der Waals surface area contributed by atoms with Crippen molar-refractivity contribution >= 4 is 27.3 Å². The fourth-order valence-corrected chi connectivity index (χ4v) is 3.80. The molecule has 1 fully saturated rings. The lowest BCUT2D eigenvalue weighted by Gasteiger charge is -2.09. The van der Waals surface area contributed by atoms with Gasteiger partial charge in [0.05, 0.1) is 5.69 Å². The number of nitrogen functional groups attached to an aromatic ring is 1. The quantitative estimate of drug-likeness (QED) is 0.817. The summed E-state index contributed by atoms with van der Waals surface area (Å²) < 4.78 is 27.0. The van der Waals surface area contributed by atoms with Crippen LogP contribution in [0.1, 0.15) is 26.2 Å². The van der Waals surface area contributed by atoms with E-state index in [0.717, 1.165) is 19.3 Å². The molecule has 0 saturated heterocycles. The van der Waals surface area contributed by atoms with E-state index in [1.54, 1.807) is 6.07 Å². The molecule has 0 aliphatic heterocycles. The summed E-state index contributed by atoms with van der Waals surface area (Å²) in [4.78, 5) is 0.0668. The first-order chi connectivity index (χ1) is 8.44. The highest BCUT2D eigenvalue weighted by molar-refractivity contribution is 7.89. The topological polar surface area (TPSA) is 72.2 Å². The Morgan fingerprint density at radius 2 is 2.22 bits per heavy atom. The van der Waals surface area contributed by atoms with Gasteiger partial charge in [-0.05, 0) is 37.0 Å². The van der Waals surface area contributed by atoms with E-state index < -0.39 is 10.0 Å². The minimum atomic E-state index is -3.56. The Morgan fingerprint density at radius 1 is 1.50 bits per heavy atom. The molecule has 1 aromatic rings. The first-order valence-electron chi connectivity index (χ1n) is 6.01. The number of nitrogens with two attached hydrogens (primary N) is 1. The Bertz CT molecular complexity index is 545. The molecule has 0 aromatic heterocycles. The number of rotatable bonds is 5. The largest absolute Gasteiger partial charge is 0.398 e. The summed E-state index contributed by atoms with van der Waals surface area (Å²) in [5.41, 5.74) is 5.91. The van der Waals surface area contributed by atoms with Crippen LogP contribution in [-0.2, 0) is 10.0 Å². The number of benzene rings is 1. The van der Waals surface area contributed by atoms with Gasteiger partial charge in [-0.3, -0.25) is 0 Å². The predicted molar refractivity (Wildman–Crippen MR) is 73.0 cm³/mol. The van der Waals surface area contributed by atoms with Gasteiger partial charge in [0.25, 0.3) is 0 Å². The van der Waals surface area contributed by atoms with Crippen molar-refractivity contribution in [2.45, 2.75) is 37.1 Å². The van der Waals surface area contributed by atoms with Gasteiger partial charge < -0.3 is 5.73 Å². The smallest absolute Gasteiger partial charge is 0.242 e. The van der Waals surface area contributed by atoms with E-state index in [1.807, 2.05) is 0 Å². The fourth-order valence-electron chi connectivity index (χ4n) is 2.09. The first-order valence-corrected chi connectivity index (χ1v) is 7.87. The van der Waals surface area contributed by atoms with Crippen LogP contribution in [0.25, 0.3) is 0 Å². The molecule has 2 rings (SSSR count). The summed E-state index contributed by atoms with van der Waals surface area (Å²) in [6.45, 7) is 2.10. The zero-order valence-corrected chi connectivity index (χ0v) is 11.8. The van der Waals surface area contributed by atoms with Gasteiger partial charge in [-0.2, -0.15) is 0 Å². The number of nitrogens with one attached hydrogen (secondary N) is 1. The van der Waals surface area contributed by atoms with Crippen LogP contribution >= 0.6 is 11.6 Å². The van der Waals surface area contributed by atoms with Gasteiger partial charge in [-0.1, -0.05) is 24.9 Å². The second-order valence-electron chi connectivity index (χ2n) is 4.69. The monoisotopic (exact) mass is 288 g/mol. The van der Waals surface area contributed by atoms with Crippen molar-refractivity contribution in [2.24, 2.45) is 5.92 Å². The standard InChI is InChI=1S/C12H17ClN2O2S/c1-2-3-8-6-11(8)15-18(16,17)12-7-9(13)4-5-10(12)14/h4-5,7-8,11,15H,2-3,6,14H2,1H3. The molecular weight excluding hydrogens is 272 g/mol. The second kappa shape index (κ2) is 5.07. The van der Waals surface area contributed by atoms with Crippen LogP contribution in [0.15, 0.2) is 23.1 Å². The third kappa shape index (κ3) is 2.96. The van der Waals surface area contributed by atoms with E-state index in [2.05, 4.69) is 11.6 Å². The molecule has 4 nitrogen and oxygen atoms in total. The summed E-state index contributed by atoms with van der Waals surface area (Å²) in [6, 6.07) is 4.52. The molecule has 2 unspecified atom stereocenters. The molecule has 1 aromatic carbocycles. The molecule has 0 amide bonds. The predicted octanol–water partition coefficient (Wildman–Crippen LogP) is 2.39. The molecule has 0 radical (unpaired) electrons. The maximum Gasteiger partial charge on any atom is 0.242 e. The maximum absolute atomic E-state index is 12.2. The van der Waals surface area contributed by atoms with Crippen molar-refractivity contribution < 1.29 is 8.42 Å². The third-order valence-electron chi connectivity index (χ3n) is 3.15. The lowest BCUT2D eigenvalue weighted by molar-refractivity contribution is 0.573. The molecule has 0 bridgehead atoms. The second-order valence-corrected chi connectivity index (χ2v) is 6.81. The summed E-state index contributed by atoms with van der Waals surface area (Å²) in [5, 5.41) is 0.366. The van der Waals surface area contributed by atoms with Crippen molar-refractivity contribution in [3.8, 4) is 0 Å². The van der Waals surface area contributed by atoms with Crippen LogP contribution in [0.4, 0.5) is 5.69 Å². The van der Waals surface area contributed by atoms with Crippen molar-refractivity contribution in [1.29, 1.82) is 0 Å². The Morgan fingerprint density at radius 3 is 2.89 bits per heavy atom. The van der Waals surface area contributed by atoms with Crippen molar-refractivity contribution in [2.75, 3.05) is 5.73 Å². The highest BCUT2D eigenvalue weighted by Crippen LogP contribution is 2.36. The fraction of sp³-hybridized carbons (Fsp3) is 0.500. The van der Waals surface area contributed by atoms with Crippen LogP contribution in [0, 0.1) is 5.92 Å². The maximum atomic E-state index is 12.2. The molecule has 18 heavy (non-hydrogen) atoms. The van der Waals surface area contributed by atoms with E-state index >= 15 is 0 Å². The Labute approximate surface area is 113 Å². The zero-order valence-electron chi connectivity index (χ0n) is 10.2. The minimum absolute atomic E-state index is 0.0494. The van der Waals surface area contributed by atoms with Crippen LogP contribution in [0.3, 0.4) is 0 Å². The molecule has 1 saturated carbocycles. The van der Waals surface area contributed by atoms with Gasteiger partial charge in [0.1, 0.15) is 4.90 Å². The minimum Gasteiger partial charge on any atom is -0.398 e. The van der Waals surface area contributed by atoms with Crippen molar-refractivity contribution in [3.05, 3.63) is 23.2 Å². The van der Waals surface area contributed by atoms with E-state index in [1.165, 1.54) is 12.1 Å². The lowest BCUT2D eigenvalue weighted by Crippen LogP contribution is -2.27. The SMILES string of the molecule is CCCC1CC1NS(=O)(=O)c1cc(Cl)ccc1N. The lowest BCUT2D eigenvalue weighted by atomic mass is 10.2. The van der Waals surface area contributed by atoms with Crippen LogP contribution in [0.5, 0.6) is 0 Å². The summed E-state index contributed by atoms with van der Waals surface area (Å²) in [6.07, 6.45) is 3.04. The number of anilines is 1. The highest BCUT2D eigenvalue weighted by atomic mass is 35.5. The summed E-state index contributed by atoms with van der Waals surface area (Å²) in [7, 11) is -3.56. The number of sulfonamides is 1. The van der Waals surface area contributed by atoms with Gasteiger partial charge in [-0.15, -0.1) is 0 Å². The molecule has 2 atom stereocenters. The highest BCUT2D eigenvalue weighted by Gasteiger charge is 2.39. The molecule has 3 N–H and O–H groups in total. The molecular formula is C12H17ClN2O2S. The number of halogens is 1. The average Bonchev–Trinajstić information content (AvgIpc) is 2.99. The third-order valence-corrected chi connectivity index (χ3v) is 4.93. The Hall–Kier alpha value is -0.780. The van der Waals surface area contributed by atoms with Crippen LogP contribution < -0.4 is 10.5 Å². The van der Waals surface area contributed by atoms with Gasteiger partial charge >= 0.3 is 0 Å². The summed E-state index contributed by atoms with van der Waals surface area (Å²) in [5.74, 6) is 0.463. The van der Waals surface area contributed by atoms with Crippen molar-refractivity contribution in [1.82, 2.24) is 4.72 Å². The number of hydrogen-bond acceptors (Lipinski definition) is 3. The Kier molecular flexibility index (Phi) is 3.84. The van der Waals surface area contributed by atoms with Gasteiger partial charge in [0, 0.05) is 11.1 Å². The zero-order chi connectivity index (χ0) is 13.3. The molecule has 6 heteroatoms. The molecule has 0 spiro atoms. The molecule has 0 heterocycles. The van der Waals surface area contributed by atoms with Crippen LogP contribution in [0.2, 0.25) is 5.02 Å². The van der Waals surface area contributed by atoms with E-state index in [4.69, 9.17) is 17.3 Å².